The molecule has 9 nitrogen and oxygen atoms in total. The van der Waals surface area contributed by atoms with Crippen molar-refractivity contribution in [2.45, 2.75) is 38.6 Å². The molecule has 0 radical (unpaired) electrons. The minimum atomic E-state index is -4.96. The van der Waals surface area contributed by atoms with Crippen molar-refractivity contribution in [2.24, 2.45) is 0 Å². The zero-order chi connectivity index (χ0) is 30.6. The van der Waals surface area contributed by atoms with E-state index in [1.807, 2.05) is 0 Å². The molecule has 3 aromatic rings. The zero-order valence-electron chi connectivity index (χ0n) is 21.6. The van der Waals surface area contributed by atoms with E-state index in [0.717, 1.165) is 25.2 Å². The summed E-state index contributed by atoms with van der Waals surface area (Å²) in [6, 6.07) is 2.00. The van der Waals surface area contributed by atoms with Crippen LogP contribution in [0, 0.1) is 23.0 Å². The lowest BCUT2D eigenvalue weighted by Gasteiger charge is -2.27. The number of hydrogen-bond donors (Lipinski definition) is 0. The zero-order valence-corrected chi connectivity index (χ0v) is 23.2. The monoisotopic (exact) mass is 615 g/mol. The van der Waals surface area contributed by atoms with Gasteiger partial charge in [-0.3, -0.25) is 9.69 Å². The molecule has 0 saturated carbocycles. The maximum atomic E-state index is 14.7. The first-order chi connectivity index (χ1) is 18.9. The number of anilines is 2. The number of pyridine rings is 1. The summed E-state index contributed by atoms with van der Waals surface area (Å²) in [4.78, 5) is 45.5. The Balaban J connectivity index is 1.87. The fourth-order valence-electron chi connectivity index (χ4n) is 4.04. The minimum absolute atomic E-state index is 0.0886. The molecule has 1 fully saturated rings. The molecule has 216 valence electrons. The molecule has 1 aliphatic rings. The van der Waals surface area contributed by atoms with E-state index in [1.165, 1.54) is 20.8 Å². The number of alkyl halides is 3. The number of hydrogen-bond acceptors (Lipinski definition) is 7. The lowest BCUT2D eigenvalue weighted by atomic mass is 10.1. The molecular weight excluding hydrogens is 597 g/mol. The number of benzene rings is 1. The van der Waals surface area contributed by atoms with Gasteiger partial charge >= 0.3 is 18.3 Å². The van der Waals surface area contributed by atoms with Crippen LogP contribution >= 0.6 is 22.9 Å². The summed E-state index contributed by atoms with van der Waals surface area (Å²) >= 11 is 6.26. The predicted molar refractivity (Wildman–Crippen MR) is 139 cm³/mol. The van der Waals surface area contributed by atoms with Gasteiger partial charge < -0.3 is 9.64 Å². The number of urea groups is 1. The Bertz CT molecular complexity index is 1630. The molecule has 0 bridgehead atoms. The van der Waals surface area contributed by atoms with Crippen LogP contribution in [-0.4, -0.2) is 53.2 Å². The highest BCUT2D eigenvalue weighted by Crippen LogP contribution is 2.41. The van der Waals surface area contributed by atoms with Gasteiger partial charge in [0.2, 0.25) is 0 Å². The maximum absolute atomic E-state index is 14.7. The van der Waals surface area contributed by atoms with Crippen LogP contribution in [0.1, 0.15) is 31.2 Å². The smallest absolute Gasteiger partial charge is 0.418 e. The number of thiophene rings is 1. The average Bonchev–Trinajstić information content (AvgIpc) is 3.45. The van der Waals surface area contributed by atoms with Gasteiger partial charge in [-0.05, 0) is 45.0 Å². The van der Waals surface area contributed by atoms with Crippen LogP contribution in [0.2, 0.25) is 5.02 Å². The molecule has 16 heteroatoms. The highest BCUT2D eigenvalue weighted by Gasteiger charge is 2.49. The standard InChI is InChI=1S/C25H19ClF5N5O4S/c1-24(2,3)40-23(39)35-10-16(21(37)34(4)15-6-5-14(27)18(26)19(15)28)36(22(35)38)17-8-13(25(29,30)31)12-7-11(9-32)41-20(12)33-17/h5-8,16H,10H2,1-4H3. The van der Waals surface area contributed by atoms with E-state index in [1.54, 1.807) is 6.07 Å². The molecule has 0 N–H and O–H groups in total. The van der Waals surface area contributed by atoms with Crippen molar-refractivity contribution in [3.05, 3.63) is 51.4 Å². The first-order valence-electron chi connectivity index (χ1n) is 11.6. The first-order valence-corrected chi connectivity index (χ1v) is 12.8. The maximum Gasteiger partial charge on any atom is 0.418 e. The van der Waals surface area contributed by atoms with Gasteiger partial charge in [-0.25, -0.2) is 28.3 Å². The number of nitriles is 1. The number of rotatable bonds is 3. The van der Waals surface area contributed by atoms with Gasteiger partial charge in [0.05, 0.1) is 17.8 Å². The van der Waals surface area contributed by atoms with E-state index >= 15 is 0 Å². The van der Waals surface area contributed by atoms with Crippen LogP contribution in [0.25, 0.3) is 10.2 Å². The molecule has 3 heterocycles. The van der Waals surface area contributed by atoms with Crippen LogP contribution in [0.15, 0.2) is 24.3 Å². The number of carbonyl (C=O) groups is 3. The number of imide groups is 1. The molecule has 0 aliphatic carbocycles. The second kappa shape index (κ2) is 10.4. The van der Waals surface area contributed by atoms with Crippen molar-refractivity contribution in [2.75, 3.05) is 23.4 Å². The third-order valence-electron chi connectivity index (χ3n) is 5.86. The van der Waals surface area contributed by atoms with E-state index in [0.29, 0.717) is 32.1 Å². The molecule has 1 aliphatic heterocycles. The fraction of sp³-hybridized carbons (Fsp3) is 0.320. The van der Waals surface area contributed by atoms with Crippen molar-refractivity contribution in [1.82, 2.24) is 9.88 Å². The second-order valence-corrected chi connectivity index (χ2v) is 11.2. The van der Waals surface area contributed by atoms with Crippen molar-refractivity contribution < 1.29 is 41.1 Å². The largest absolute Gasteiger partial charge is 0.443 e. The number of nitrogens with zero attached hydrogens (tertiary/aromatic N) is 5. The van der Waals surface area contributed by atoms with Gasteiger partial charge in [-0.15, -0.1) is 11.3 Å². The summed E-state index contributed by atoms with van der Waals surface area (Å²) in [7, 11) is 1.07. The second-order valence-electron chi connectivity index (χ2n) is 9.82. The van der Waals surface area contributed by atoms with E-state index in [9.17, 15) is 41.6 Å². The number of likely N-dealkylation sites (N-methyl/N-ethyl adjacent to an activating group) is 1. The number of fused-ring (bicyclic) bond motifs is 1. The Morgan fingerprint density at radius 1 is 1.22 bits per heavy atom. The number of halogens is 6. The molecule has 1 unspecified atom stereocenters. The summed E-state index contributed by atoms with van der Waals surface area (Å²) in [5.74, 6) is -4.13. The molecule has 1 atom stereocenters. The van der Waals surface area contributed by atoms with Crippen molar-refractivity contribution in [1.29, 1.82) is 5.26 Å². The molecular formula is C25H19ClF5N5O4S. The third kappa shape index (κ3) is 5.62. The van der Waals surface area contributed by atoms with Crippen molar-refractivity contribution in [3.63, 3.8) is 0 Å². The van der Waals surface area contributed by atoms with Crippen LogP contribution in [0.3, 0.4) is 0 Å². The van der Waals surface area contributed by atoms with Crippen LogP contribution in [0.5, 0.6) is 0 Å². The lowest BCUT2D eigenvalue weighted by Crippen LogP contribution is -2.47. The third-order valence-corrected chi connectivity index (χ3v) is 7.14. The van der Waals surface area contributed by atoms with Crippen molar-refractivity contribution in [3.8, 4) is 6.07 Å². The average molecular weight is 616 g/mol. The highest BCUT2D eigenvalue weighted by atomic mass is 35.5. The van der Waals surface area contributed by atoms with Crippen LogP contribution in [0.4, 0.5) is 43.0 Å². The Morgan fingerprint density at radius 2 is 1.88 bits per heavy atom. The summed E-state index contributed by atoms with van der Waals surface area (Å²) in [5.41, 5.74) is -2.82. The SMILES string of the molecule is CN(C(=O)C1CN(C(=O)OC(C)(C)C)C(=O)N1c1cc(C(F)(F)F)c2cc(C#N)sc2n1)c1ccc(F)c(Cl)c1F. The molecule has 0 spiro atoms. The number of carbonyl (C=O) groups excluding carboxylic acids is 3. The van der Waals surface area contributed by atoms with Crippen molar-refractivity contribution >= 4 is 62.7 Å². The summed E-state index contributed by atoms with van der Waals surface area (Å²) in [6.07, 6.45) is -6.15. The number of aromatic nitrogens is 1. The van der Waals surface area contributed by atoms with E-state index < -0.39 is 81.5 Å². The molecule has 4 rings (SSSR count). The Labute approximate surface area is 238 Å². The lowest BCUT2D eigenvalue weighted by molar-refractivity contribution is -0.136. The molecule has 1 saturated heterocycles. The van der Waals surface area contributed by atoms with Gasteiger partial charge in [-0.2, -0.15) is 18.4 Å². The first kappa shape index (κ1) is 29.9. The molecule has 41 heavy (non-hydrogen) atoms. The summed E-state index contributed by atoms with van der Waals surface area (Å²) < 4.78 is 75.8. The molecule has 2 aromatic heterocycles. The normalized spacial score (nSPS) is 15.8. The number of ether oxygens (including phenoxy) is 1. The van der Waals surface area contributed by atoms with Gasteiger partial charge in [-0.1, -0.05) is 11.6 Å². The Hall–Kier alpha value is -4.03. The van der Waals surface area contributed by atoms with Gasteiger partial charge in [0.1, 0.15) is 44.1 Å². The Kier molecular flexibility index (Phi) is 7.61. The van der Waals surface area contributed by atoms with E-state index in [-0.39, 0.29) is 9.71 Å². The molecule has 1 aromatic carbocycles. The highest BCUT2D eigenvalue weighted by molar-refractivity contribution is 7.19. The van der Waals surface area contributed by atoms with E-state index in [2.05, 4.69) is 4.98 Å². The molecule has 4 amide bonds. The fourth-order valence-corrected chi connectivity index (χ4v) is 5.05. The summed E-state index contributed by atoms with van der Waals surface area (Å²) in [6.45, 7) is 3.82. The van der Waals surface area contributed by atoms with Crippen LogP contribution < -0.4 is 9.80 Å². The minimum Gasteiger partial charge on any atom is -0.443 e. The van der Waals surface area contributed by atoms with Gasteiger partial charge in [0, 0.05) is 12.4 Å². The predicted octanol–water partition coefficient (Wildman–Crippen LogP) is 6.33. The van der Waals surface area contributed by atoms with Gasteiger partial charge in [0.15, 0.2) is 5.82 Å². The van der Waals surface area contributed by atoms with E-state index in [4.69, 9.17) is 16.3 Å². The quantitative estimate of drug-likeness (QED) is 0.252. The Morgan fingerprint density at radius 3 is 2.46 bits per heavy atom. The topological polar surface area (TPSA) is 107 Å². The van der Waals surface area contributed by atoms with Crippen LogP contribution in [-0.2, 0) is 15.7 Å². The number of amides is 4. The van der Waals surface area contributed by atoms with Gasteiger partial charge in [0.25, 0.3) is 5.91 Å². The summed E-state index contributed by atoms with van der Waals surface area (Å²) in [5, 5.41) is 7.89.